The Bertz CT molecular complexity index is 393. The first-order valence-corrected chi connectivity index (χ1v) is 6.85. The summed E-state index contributed by atoms with van der Waals surface area (Å²) in [7, 11) is 2.10. The largest absolute Gasteiger partial charge is 0.490 e. The Morgan fingerprint density at radius 1 is 1.33 bits per heavy atom. The molecule has 96 valence electrons. The highest BCUT2D eigenvalue weighted by atomic mass is 16.5. The van der Waals surface area contributed by atoms with Crippen molar-refractivity contribution in [2.24, 2.45) is 0 Å². The van der Waals surface area contributed by atoms with Crippen LogP contribution in [0.15, 0.2) is 36.5 Å². The molecule has 1 saturated heterocycles. The highest BCUT2D eigenvalue weighted by Gasteiger charge is 2.20. The number of likely N-dealkylation sites (tertiary alicyclic amines) is 1. The summed E-state index contributed by atoms with van der Waals surface area (Å²) < 4.78 is 6.02. The van der Waals surface area contributed by atoms with E-state index in [4.69, 9.17) is 4.74 Å². The van der Waals surface area contributed by atoms with Crippen LogP contribution in [0.5, 0.6) is 5.75 Å². The average Bonchev–Trinajstić information content (AvgIpc) is 2.41. The normalized spacial score (nSPS) is 16.6. The zero-order chi connectivity index (χ0) is 13.0. The molecule has 1 heterocycles. The zero-order valence-corrected chi connectivity index (χ0v) is 11.5. The number of nitrogens with zero attached hydrogens (tertiary/aromatic N) is 1. The Labute approximate surface area is 111 Å². The Kier molecular flexibility index (Phi) is 4.35. The van der Waals surface area contributed by atoms with Crippen molar-refractivity contribution in [2.75, 3.05) is 13.1 Å². The lowest BCUT2D eigenvalue weighted by Gasteiger charge is -2.34. The number of hydrogen-bond acceptors (Lipinski definition) is 2. The summed E-state index contributed by atoms with van der Waals surface area (Å²) in [4.78, 5) is 2.38. The predicted molar refractivity (Wildman–Crippen MR) is 79.3 cm³/mol. The van der Waals surface area contributed by atoms with Crippen LogP contribution in [0.25, 0.3) is 0 Å². The topological polar surface area (TPSA) is 12.5 Å². The van der Waals surface area contributed by atoms with Crippen molar-refractivity contribution >= 4 is 13.3 Å². The molecule has 0 amide bonds. The number of hydrogen-bond donors (Lipinski definition) is 0. The van der Waals surface area contributed by atoms with Crippen LogP contribution < -0.4 is 10.2 Å². The van der Waals surface area contributed by atoms with Crippen LogP contribution in [-0.2, 0) is 0 Å². The molecule has 1 aliphatic rings. The molecule has 18 heavy (non-hydrogen) atoms. The fourth-order valence-electron chi connectivity index (χ4n) is 2.32. The molecule has 1 aromatic rings. The van der Waals surface area contributed by atoms with Crippen LogP contribution in [0.3, 0.4) is 0 Å². The molecular weight excluding hydrogens is 221 g/mol. The number of benzene rings is 1. The molecule has 2 nitrogen and oxygen atoms in total. The maximum Gasteiger partial charge on any atom is 0.139 e. The fourth-order valence-corrected chi connectivity index (χ4v) is 2.32. The second-order valence-electron chi connectivity index (χ2n) is 5.04. The average molecular weight is 243 g/mol. The van der Waals surface area contributed by atoms with Gasteiger partial charge in [-0.2, -0.15) is 0 Å². The van der Waals surface area contributed by atoms with Crippen LogP contribution in [0.1, 0.15) is 26.2 Å². The summed E-state index contributed by atoms with van der Waals surface area (Å²) in [6.07, 6.45) is 3.58. The van der Waals surface area contributed by atoms with Crippen molar-refractivity contribution in [2.45, 2.75) is 32.3 Å². The second kappa shape index (κ2) is 5.99. The molecule has 1 aliphatic heterocycles. The Hall–Kier alpha value is -1.38. The molecule has 0 aliphatic carbocycles. The van der Waals surface area contributed by atoms with Gasteiger partial charge in [-0.15, -0.1) is 0 Å². The van der Waals surface area contributed by atoms with Crippen molar-refractivity contribution in [3.05, 3.63) is 36.5 Å². The van der Waals surface area contributed by atoms with E-state index in [1.54, 1.807) is 0 Å². The number of rotatable bonds is 4. The molecule has 0 N–H and O–H groups in total. The summed E-state index contributed by atoms with van der Waals surface area (Å²) >= 11 is 0. The van der Waals surface area contributed by atoms with Gasteiger partial charge in [-0.3, -0.25) is 0 Å². The van der Waals surface area contributed by atoms with Gasteiger partial charge >= 0.3 is 0 Å². The van der Waals surface area contributed by atoms with E-state index >= 15 is 0 Å². The third kappa shape index (κ3) is 3.31. The summed E-state index contributed by atoms with van der Waals surface area (Å²) in [6, 6.07) is 8.33. The van der Waals surface area contributed by atoms with Gasteiger partial charge in [-0.05, 0) is 18.6 Å². The SMILES string of the molecule is Bc1ccc(OC2CCN(C(=C)CC)CC2)cc1. The van der Waals surface area contributed by atoms with Crippen molar-refractivity contribution in [3.8, 4) is 5.75 Å². The molecule has 0 bridgehead atoms. The standard InChI is InChI=1S/C15H22BNO/c1-3-12(2)17-10-8-15(9-11-17)18-14-6-4-13(16)5-7-14/h4-7,15H,2-3,8-11,16H2,1H3. The molecule has 1 fully saturated rings. The van der Waals surface area contributed by atoms with Crippen molar-refractivity contribution in [1.29, 1.82) is 0 Å². The number of piperidine rings is 1. The van der Waals surface area contributed by atoms with E-state index in [-0.39, 0.29) is 0 Å². The maximum absolute atomic E-state index is 6.02. The highest BCUT2D eigenvalue weighted by molar-refractivity contribution is 6.32. The number of allylic oxidation sites excluding steroid dienone is 1. The van der Waals surface area contributed by atoms with Crippen LogP contribution in [-0.4, -0.2) is 31.9 Å². The van der Waals surface area contributed by atoms with Gasteiger partial charge in [0.25, 0.3) is 0 Å². The van der Waals surface area contributed by atoms with Gasteiger partial charge in [-0.25, -0.2) is 0 Å². The minimum atomic E-state index is 0.355. The zero-order valence-electron chi connectivity index (χ0n) is 11.5. The molecule has 0 aromatic heterocycles. The smallest absolute Gasteiger partial charge is 0.139 e. The van der Waals surface area contributed by atoms with E-state index in [9.17, 15) is 0 Å². The molecule has 3 heteroatoms. The van der Waals surface area contributed by atoms with Gasteiger partial charge < -0.3 is 9.64 Å². The lowest BCUT2D eigenvalue weighted by atomic mass is 9.97. The molecular formula is C15H22BNO. The molecule has 0 spiro atoms. The van der Waals surface area contributed by atoms with Gasteiger partial charge in [0.1, 0.15) is 19.7 Å². The fraction of sp³-hybridized carbons (Fsp3) is 0.467. The van der Waals surface area contributed by atoms with Crippen LogP contribution in [0, 0.1) is 0 Å². The van der Waals surface area contributed by atoms with E-state index in [1.807, 2.05) is 0 Å². The van der Waals surface area contributed by atoms with Gasteiger partial charge in [0.05, 0.1) is 0 Å². The molecule has 0 radical (unpaired) electrons. The summed E-state index contributed by atoms with van der Waals surface area (Å²) in [5.74, 6) is 0.994. The van der Waals surface area contributed by atoms with E-state index in [0.717, 1.165) is 38.1 Å². The number of ether oxygens (including phenoxy) is 1. The first-order chi connectivity index (χ1) is 8.69. The Morgan fingerprint density at radius 3 is 2.50 bits per heavy atom. The van der Waals surface area contributed by atoms with Gasteiger partial charge in [0, 0.05) is 31.6 Å². The lowest BCUT2D eigenvalue weighted by Crippen LogP contribution is -2.37. The maximum atomic E-state index is 6.02. The third-order valence-corrected chi connectivity index (χ3v) is 3.62. The Balaban J connectivity index is 1.83. The molecule has 0 atom stereocenters. The third-order valence-electron chi connectivity index (χ3n) is 3.62. The summed E-state index contributed by atoms with van der Waals surface area (Å²) in [5.41, 5.74) is 2.53. The van der Waals surface area contributed by atoms with Gasteiger partial charge in [0.15, 0.2) is 0 Å². The highest BCUT2D eigenvalue weighted by Crippen LogP contribution is 2.20. The molecule has 1 aromatic carbocycles. The Morgan fingerprint density at radius 2 is 1.94 bits per heavy atom. The molecule has 2 rings (SSSR count). The molecule has 0 unspecified atom stereocenters. The molecule has 0 saturated carbocycles. The van der Waals surface area contributed by atoms with E-state index < -0.39 is 0 Å². The monoisotopic (exact) mass is 243 g/mol. The van der Waals surface area contributed by atoms with E-state index in [1.165, 1.54) is 11.2 Å². The van der Waals surface area contributed by atoms with Gasteiger partial charge in [-0.1, -0.05) is 31.1 Å². The van der Waals surface area contributed by atoms with Gasteiger partial charge in [0.2, 0.25) is 0 Å². The van der Waals surface area contributed by atoms with Crippen LogP contribution in [0.2, 0.25) is 0 Å². The summed E-state index contributed by atoms with van der Waals surface area (Å²) in [6.45, 7) is 8.41. The summed E-state index contributed by atoms with van der Waals surface area (Å²) in [5, 5.41) is 0. The van der Waals surface area contributed by atoms with Crippen LogP contribution >= 0.6 is 0 Å². The first-order valence-electron chi connectivity index (χ1n) is 6.85. The second-order valence-corrected chi connectivity index (χ2v) is 5.04. The van der Waals surface area contributed by atoms with Crippen molar-refractivity contribution in [1.82, 2.24) is 4.90 Å². The van der Waals surface area contributed by atoms with Crippen molar-refractivity contribution in [3.63, 3.8) is 0 Å². The minimum Gasteiger partial charge on any atom is -0.490 e. The van der Waals surface area contributed by atoms with Crippen molar-refractivity contribution < 1.29 is 4.74 Å². The van der Waals surface area contributed by atoms with E-state index in [2.05, 4.69) is 50.5 Å². The quantitative estimate of drug-likeness (QED) is 0.746. The van der Waals surface area contributed by atoms with Crippen LogP contribution in [0.4, 0.5) is 0 Å². The first kappa shape index (κ1) is 13.1. The van der Waals surface area contributed by atoms with E-state index in [0.29, 0.717) is 6.10 Å². The predicted octanol–water partition coefficient (Wildman–Crippen LogP) is 1.71. The lowest BCUT2D eigenvalue weighted by molar-refractivity contribution is 0.116. The minimum absolute atomic E-state index is 0.355.